The Morgan fingerprint density at radius 3 is 2.57 bits per heavy atom. The molecule has 0 aliphatic carbocycles. The number of hydrogen-bond acceptors (Lipinski definition) is 3. The predicted molar refractivity (Wildman–Crippen MR) is 58.3 cm³/mol. The van der Waals surface area contributed by atoms with Gasteiger partial charge in [-0.3, -0.25) is 0 Å². The van der Waals surface area contributed by atoms with Crippen molar-refractivity contribution in [2.75, 3.05) is 19.5 Å². The summed E-state index contributed by atoms with van der Waals surface area (Å²) in [4.78, 5) is 0. The van der Waals surface area contributed by atoms with Gasteiger partial charge in [0.05, 0.1) is 20.3 Å². The van der Waals surface area contributed by atoms with E-state index in [0.717, 1.165) is 5.56 Å². The molecule has 0 radical (unpaired) electrons. The van der Waals surface area contributed by atoms with Crippen LogP contribution in [0.15, 0.2) is 18.2 Å². The molecule has 0 spiro atoms. The van der Waals surface area contributed by atoms with Crippen molar-refractivity contribution in [1.82, 2.24) is 0 Å². The molecule has 0 aliphatic rings. The molecule has 0 fully saturated rings. The van der Waals surface area contributed by atoms with E-state index in [1.54, 1.807) is 32.4 Å². The first-order valence-electron chi connectivity index (χ1n) is 4.19. The van der Waals surface area contributed by atoms with Gasteiger partial charge < -0.3 is 14.6 Å². The number of methoxy groups -OCH3 is 2. The normalized spacial score (nSPS) is 12.3. The number of benzene rings is 1. The molecule has 0 saturated heterocycles. The summed E-state index contributed by atoms with van der Waals surface area (Å²) in [6, 6.07) is 5.34. The first-order valence-corrected chi connectivity index (χ1v) is 5.31. The first-order chi connectivity index (χ1) is 6.72. The second kappa shape index (κ2) is 5.22. The zero-order valence-electron chi connectivity index (χ0n) is 8.16. The topological polar surface area (TPSA) is 38.7 Å². The fourth-order valence-electron chi connectivity index (χ4n) is 1.18. The molecule has 0 saturated carbocycles. The van der Waals surface area contributed by atoms with E-state index in [1.165, 1.54) is 0 Å². The predicted octanol–water partition coefficient (Wildman–Crippen LogP) is 2.13. The number of halogens is 1. The van der Waals surface area contributed by atoms with Crippen LogP contribution in [0, 0.1) is 0 Å². The first kappa shape index (κ1) is 11.3. The van der Waals surface area contributed by atoms with E-state index in [1.807, 2.05) is 0 Å². The Labute approximate surface area is 91.8 Å². The average Bonchev–Trinajstić information content (AvgIpc) is 2.27. The van der Waals surface area contributed by atoms with Gasteiger partial charge in [-0.15, -0.1) is 0 Å². The molecule has 14 heavy (non-hydrogen) atoms. The molecule has 1 atom stereocenters. The van der Waals surface area contributed by atoms with Gasteiger partial charge in [0.15, 0.2) is 0 Å². The summed E-state index contributed by atoms with van der Waals surface area (Å²) in [6.45, 7) is 0. The quantitative estimate of drug-likeness (QED) is 0.844. The molecule has 1 rings (SSSR count). The Hall–Kier alpha value is -0.740. The Kier molecular flexibility index (Phi) is 4.22. The minimum Gasteiger partial charge on any atom is -0.497 e. The summed E-state index contributed by atoms with van der Waals surface area (Å²) < 4.78 is 10.2. The van der Waals surface area contributed by atoms with E-state index >= 15 is 0 Å². The van der Waals surface area contributed by atoms with Gasteiger partial charge in [0.25, 0.3) is 0 Å². The second-order valence-corrected chi connectivity index (χ2v) is 3.43. The molecule has 0 heterocycles. The van der Waals surface area contributed by atoms with Crippen LogP contribution in [0.2, 0.25) is 0 Å². The van der Waals surface area contributed by atoms with Crippen molar-refractivity contribution in [3.8, 4) is 11.5 Å². The SMILES string of the molecule is COc1ccc(OC)c(C(O)CBr)c1. The van der Waals surface area contributed by atoms with Crippen LogP contribution in [0.5, 0.6) is 11.5 Å². The van der Waals surface area contributed by atoms with Gasteiger partial charge >= 0.3 is 0 Å². The molecule has 0 aromatic heterocycles. The third-order valence-corrected chi connectivity index (χ3v) is 2.56. The second-order valence-electron chi connectivity index (χ2n) is 2.78. The maximum atomic E-state index is 9.68. The number of hydrogen-bond donors (Lipinski definition) is 1. The van der Waals surface area contributed by atoms with Crippen LogP contribution >= 0.6 is 15.9 Å². The van der Waals surface area contributed by atoms with Gasteiger partial charge in [-0.25, -0.2) is 0 Å². The van der Waals surface area contributed by atoms with Gasteiger partial charge in [-0.05, 0) is 18.2 Å². The van der Waals surface area contributed by atoms with E-state index < -0.39 is 6.10 Å². The van der Waals surface area contributed by atoms with Crippen LogP contribution in [0.4, 0.5) is 0 Å². The third-order valence-electron chi connectivity index (χ3n) is 1.94. The Morgan fingerprint density at radius 2 is 2.07 bits per heavy atom. The average molecular weight is 261 g/mol. The lowest BCUT2D eigenvalue weighted by Gasteiger charge is -2.13. The van der Waals surface area contributed by atoms with Crippen LogP contribution in [0.1, 0.15) is 11.7 Å². The number of aliphatic hydroxyl groups excluding tert-OH is 1. The van der Waals surface area contributed by atoms with Crippen LogP contribution in [-0.2, 0) is 0 Å². The van der Waals surface area contributed by atoms with Gasteiger partial charge in [-0.1, -0.05) is 15.9 Å². The number of alkyl halides is 1. The lowest BCUT2D eigenvalue weighted by atomic mass is 10.1. The molecule has 78 valence electrons. The minimum atomic E-state index is -0.583. The Morgan fingerprint density at radius 1 is 1.36 bits per heavy atom. The van der Waals surface area contributed by atoms with Crippen molar-refractivity contribution in [2.45, 2.75) is 6.10 Å². The van der Waals surface area contributed by atoms with E-state index in [0.29, 0.717) is 16.8 Å². The fraction of sp³-hybridized carbons (Fsp3) is 0.400. The highest BCUT2D eigenvalue weighted by Gasteiger charge is 2.12. The van der Waals surface area contributed by atoms with Crippen LogP contribution in [-0.4, -0.2) is 24.7 Å². The van der Waals surface area contributed by atoms with E-state index in [2.05, 4.69) is 15.9 Å². The van der Waals surface area contributed by atoms with Crippen LogP contribution < -0.4 is 9.47 Å². The molecule has 3 nitrogen and oxygen atoms in total. The summed E-state index contributed by atoms with van der Waals surface area (Å²) in [5.74, 6) is 1.37. The molecule has 0 aliphatic heterocycles. The van der Waals surface area contributed by atoms with Crippen LogP contribution in [0.25, 0.3) is 0 Å². The van der Waals surface area contributed by atoms with E-state index in [9.17, 15) is 5.11 Å². The lowest BCUT2D eigenvalue weighted by molar-refractivity contribution is 0.199. The standard InChI is InChI=1S/C10H13BrO3/c1-13-7-3-4-10(14-2)8(5-7)9(12)6-11/h3-5,9,12H,6H2,1-2H3. The number of aliphatic hydroxyl groups is 1. The molecular formula is C10H13BrO3. The zero-order valence-corrected chi connectivity index (χ0v) is 9.74. The highest BCUT2D eigenvalue weighted by atomic mass is 79.9. The maximum absolute atomic E-state index is 9.68. The molecule has 1 unspecified atom stereocenters. The summed E-state index contributed by atoms with van der Waals surface area (Å²) in [7, 11) is 3.17. The van der Waals surface area contributed by atoms with Crippen molar-refractivity contribution < 1.29 is 14.6 Å². The Bertz CT molecular complexity index is 301. The van der Waals surface area contributed by atoms with Crippen molar-refractivity contribution in [2.24, 2.45) is 0 Å². The van der Waals surface area contributed by atoms with Gasteiger partial charge in [0.1, 0.15) is 11.5 Å². The van der Waals surface area contributed by atoms with Crippen molar-refractivity contribution in [1.29, 1.82) is 0 Å². The molecule has 1 aromatic rings. The van der Waals surface area contributed by atoms with Gasteiger partial charge in [0, 0.05) is 10.9 Å². The van der Waals surface area contributed by atoms with E-state index in [-0.39, 0.29) is 0 Å². The molecule has 1 aromatic carbocycles. The monoisotopic (exact) mass is 260 g/mol. The van der Waals surface area contributed by atoms with Crippen molar-refractivity contribution in [3.05, 3.63) is 23.8 Å². The van der Waals surface area contributed by atoms with Crippen LogP contribution in [0.3, 0.4) is 0 Å². The molecule has 0 amide bonds. The molecule has 1 N–H and O–H groups in total. The zero-order chi connectivity index (χ0) is 10.6. The fourth-order valence-corrected chi connectivity index (χ4v) is 1.53. The largest absolute Gasteiger partial charge is 0.497 e. The van der Waals surface area contributed by atoms with E-state index in [4.69, 9.17) is 9.47 Å². The highest BCUT2D eigenvalue weighted by Crippen LogP contribution is 2.29. The summed E-state index contributed by atoms with van der Waals surface area (Å²) in [5.41, 5.74) is 0.726. The maximum Gasteiger partial charge on any atom is 0.124 e. The summed E-state index contributed by atoms with van der Waals surface area (Å²) >= 11 is 3.21. The van der Waals surface area contributed by atoms with Crippen molar-refractivity contribution in [3.63, 3.8) is 0 Å². The lowest BCUT2D eigenvalue weighted by Crippen LogP contribution is -2.02. The highest BCUT2D eigenvalue weighted by molar-refractivity contribution is 9.09. The van der Waals surface area contributed by atoms with Gasteiger partial charge in [-0.2, -0.15) is 0 Å². The summed E-state index contributed by atoms with van der Waals surface area (Å²) in [5, 5.41) is 10.1. The summed E-state index contributed by atoms with van der Waals surface area (Å²) in [6.07, 6.45) is -0.583. The number of rotatable bonds is 4. The molecule has 4 heteroatoms. The van der Waals surface area contributed by atoms with Gasteiger partial charge in [0.2, 0.25) is 0 Å². The third kappa shape index (κ3) is 2.39. The molecule has 0 bridgehead atoms. The minimum absolute atomic E-state index is 0.469. The Balaban J connectivity index is 3.08. The van der Waals surface area contributed by atoms with Crippen molar-refractivity contribution >= 4 is 15.9 Å². The number of ether oxygens (including phenoxy) is 2. The smallest absolute Gasteiger partial charge is 0.124 e. The molecular weight excluding hydrogens is 248 g/mol.